The second-order valence-corrected chi connectivity index (χ2v) is 4.31. The molecular formula is C10H18O2. The van der Waals surface area contributed by atoms with Gasteiger partial charge in [0.05, 0.1) is 17.3 Å². The lowest BCUT2D eigenvalue weighted by Crippen LogP contribution is -2.21. The summed E-state index contributed by atoms with van der Waals surface area (Å²) >= 11 is 0. The second kappa shape index (κ2) is 2.86. The van der Waals surface area contributed by atoms with Crippen LogP contribution in [0.2, 0.25) is 0 Å². The van der Waals surface area contributed by atoms with Crippen LogP contribution in [0, 0.1) is 0 Å². The molecule has 0 bridgehead atoms. The lowest BCUT2D eigenvalue weighted by Gasteiger charge is -2.17. The van der Waals surface area contributed by atoms with Gasteiger partial charge in [-0.2, -0.15) is 0 Å². The van der Waals surface area contributed by atoms with E-state index in [0.717, 1.165) is 12.8 Å². The number of epoxide rings is 1. The van der Waals surface area contributed by atoms with Gasteiger partial charge in [-0.3, -0.25) is 0 Å². The molecule has 0 aliphatic carbocycles. The predicted molar refractivity (Wildman–Crippen MR) is 49.0 cm³/mol. The van der Waals surface area contributed by atoms with Crippen LogP contribution in [-0.4, -0.2) is 22.4 Å². The zero-order valence-electron chi connectivity index (χ0n) is 8.13. The third kappa shape index (κ3) is 2.32. The van der Waals surface area contributed by atoms with Gasteiger partial charge in [0.1, 0.15) is 0 Å². The Morgan fingerprint density at radius 2 is 2.17 bits per heavy atom. The smallest absolute Gasteiger partial charge is 0.0892 e. The first-order valence-corrected chi connectivity index (χ1v) is 4.41. The van der Waals surface area contributed by atoms with Crippen LogP contribution in [0.5, 0.6) is 0 Å². The molecule has 1 N–H and O–H groups in total. The number of hydrogen-bond donors (Lipinski definition) is 1. The normalized spacial score (nSPS) is 30.8. The second-order valence-electron chi connectivity index (χ2n) is 4.31. The Morgan fingerprint density at radius 3 is 2.50 bits per heavy atom. The quantitative estimate of drug-likeness (QED) is 0.516. The molecule has 0 amide bonds. The monoisotopic (exact) mass is 170 g/mol. The van der Waals surface area contributed by atoms with Crippen LogP contribution < -0.4 is 0 Å². The van der Waals surface area contributed by atoms with E-state index in [2.05, 4.69) is 20.4 Å². The van der Waals surface area contributed by atoms with Crippen molar-refractivity contribution in [2.75, 3.05) is 0 Å². The van der Waals surface area contributed by atoms with Crippen molar-refractivity contribution in [2.24, 2.45) is 0 Å². The van der Waals surface area contributed by atoms with Crippen LogP contribution in [0.4, 0.5) is 0 Å². The van der Waals surface area contributed by atoms with Crippen LogP contribution in [0.1, 0.15) is 33.6 Å². The Kier molecular flexibility index (Phi) is 2.32. The van der Waals surface area contributed by atoms with Crippen LogP contribution in [-0.2, 0) is 4.74 Å². The highest BCUT2D eigenvalue weighted by Gasteiger charge is 2.47. The fraction of sp³-hybridized carbons (Fsp3) is 0.800. The van der Waals surface area contributed by atoms with Crippen molar-refractivity contribution in [2.45, 2.75) is 50.9 Å². The molecule has 0 radical (unpaired) electrons. The fourth-order valence-corrected chi connectivity index (χ4v) is 1.26. The number of aliphatic hydroxyl groups is 1. The highest BCUT2D eigenvalue weighted by atomic mass is 16.6. The summed E-state index contributed by atoms with van der Waals surface area (Å²) in [6, 6.07) is 0. The Morgan fingerprint density at radius 1 is 1.67 bits per heavy atom. The van der Waals surface area contributed by atoms with Crippen molar-refractivity contribution < 1.29 is 9.84 Å². The van der Waals surface area contributed by atoms with Gasteiger partial charge < -0.3 is 9.84 Å². The maximum absolute atomic E-state index is 9.60. The standard InChI is InChI=1S/C10H18O2/c1-5-10(4,11)7-6-8-9(2,3)12-8/h5,8,11H,1,6-7H2,2-4H3/t8-,10+/m0/s1. The first-order chi connectivity index (χ1) is 5.37. The maximum atomic E-state index is 9.60. The van der Waals surface area contributed by atoms with Gasteiger partial charge in [0.2, 0.25) is 0 Å². The topological polar surface area (TPSA) is 32.8 Å². The molecule has 1 fully saturated rings. The summed E-state index contributed by atoms with van der Waals surface area (Å²) in [6.45, 7) is 9.49. The summed E-state index contributed by atoms with van der Waals surface area (Å²) in [4.78, 5) is 0. The summed E-state index contributed by atoms with van der Waals surface area (Å²) in [5.74, 6) is 0. The molecule has 2 atom stereocenters. The molecule has 1 heterocycles. The van der Waals surface area contributed by atoms with E-state index < -0.39 is 5.60 Å². The minimum Gasteiger partial charge on any atom is -0.386 e. The first-order valence-electron chi connectivity index (χ1n) is 4.41. The van der Waals surface area contributed by atoms with E-state index in [4.69, 9.17) is 4.74 Å². The summed E-state index contributed by atoms with van der Waals surface area (Å²) in [7, 11) is 0. The molecular weight excluding hydrogens is 152 g/mol. The number of ether oxygens (including phenoxy) is 1. The number of rotatable bonds is 4. The minimum atomic E-state index is -0.734. The molecule has 0 aromatic rings. The predicted octanol–water partition coefficient (Wildman–Crippen LogP) is 1.88. The van der Waals surface area contributed by atoms with Crippen molar-refractivity contribution in [3.8, 4) is 0 Å². The Hall–Kier alpha value is -0.340. The van der Waals surface area contributed by atoms with E-state index in [1.165, 1.54) is 0 Å². The van der Waals surface area contributed by atoms with Gasteiger partial charge in [-0.1, -0.05) is 6.08 Å². The molecule has 2 heteroatoms. The Balaban J connectivity index is 2.24. The zero-order valence-corrected chi connectivity index (χ0v) is 8.13. The van der Waals surface area contributed by atoms with E-state index in [1.807, 2.05) is 0 Å². The molecule has 1 saturated heterocycles. The minimum absolute atomic E-state index is 0.0389. The summed E-state index contributed by atoms with van der Waals surface area (Å²) in [6.07, 6.45) is 3.54. The van der Waals surface area contributed by atoms with Crippen molar-refractivity contribution in [3.63, 3.8) is 0 Å². The van der Waals surface area contributed by atoms with Gasteiger partial charge in [-0.05, 0) is 33.6 Å². The first kappa shape index (κ1) is 9.75. The van der Waals surface area contributed by atoms with E-state index in [9.17, 15) is 5.11 Å². The molecule has 70 valence electrons. The summed E-state index contributed by atoms with van der Waals surface area (Å²) < 4.78 is 5.40. The van der Waals surface area contributed by atoms with Gasteiger partial charge in [-0.25, -0.2) is 0 Å². The molecule has 0 saturated carbocycles. The van der Waals surface area contributed by atoms with E-state index >= 15 is 0 Å². The van der Waals surface area contributed by atoms with Crippen molar-refractivity contribution in [1.82, 2.24) is 0 Å². The number of hydrogen-bond acceptors (Lipinski definition) is 2. The largest absolute Gasteiger partial charge is 0.386 e. The zero-order chi connectivity index (χ0) is 9.41. The highest BCUT2D eigenvalue weighted by molar-refractivity contribution is 4.98. The molecule has 1 rings (SSSR count). The van der Waals surface area contributed by atoms with Gasteiger partial charge in [0.25, 0.3) is 0 Å². The molecule has 0 aromatic heterocycles. The van der Waals surface area contributed by atoms with Crippen LogP contribution >= 0.6 is 0 Å². The maximum Gasteiger partial charge on any atom is 0.0892 e. The average molecular weight is 170 g/mol. The lowest BCUT2D eigenvalue weighted by molar-refractivity contribution is 0.0967. The summed E-state index contributed by atoms with van der Waals surface area (Å²) in [5, 5.41) is 9.60. The molecule has 12 heavy (non-hydrogen) atoms. The van der Waals surface area contributed by atoms with Gasteiger partial charge in [-0.15, -0.1) is 6.58 Å². The SMILES string of the molecule is C=C[C@@](C)(O)CC[C@@H]1OC1(C)C. The van der Waals surface area contributed by atoms with Crippen LogP contribution in [0.3, 0.4) is 0 Å². The highest BCUT2D eigenvalue weighted by Crippen LogP contribution is 2.39. The molecule has 1 aliphatic rings. The molecule has 0 unspecified atom stereocenters. The Labute approximate surface area is 74.2 Å². The lowest BCUT2D eigenvalue weighted by atomic mass is 9.96. The van der Waals surface area contributed by atoms with Gasteiger partial charge in [0, 0.05) is 0 Å². The van der Waals surface area contributed by atoms with Gasteiger partial charge in [0.15, 0.2) is 0 Å². The molecule has 0 aromatic carbocycles. The van der Waals surface area contributed by atoms with Gasteiger partial charge >= 0.3 is 0 Å². The average Bonchev–Trinajstić information content (AvgIpc) is 2.56. The fourth-order valence-electron chi connectivity index (χ4n) is 1.26. The molecule has 0 spiro atoms. The van der Waals surface area contributed by atoms with Crippen LogP contribution in [0.25, 0.3) is 0 Å². The summed E-state index contributed by atoms with van der Waals surface area (Å²) in [5.41, 5.74) is -0.695. The molecule has 1 aliphatic heterocycles. The van der Waals surface area contributed by atoms with Crippen molar-refractivity contribution in [1.29, 1.82) is 0 Å². The Bertz CT molecular complexity index is 182. The van der Waals surface area contributed by atoms with Crippen molar-refractivity contribution in [3.05, 3.63) is 12.7 Å². The third-order valence-corrected chi connectivity index (χ3v) is 2.52. The van der Waals surface area contributed by atoms with E-state index in [-0.39, 0.29) is 5.60 Å². The molecule has 2 nitrogen and oxygen atoms in total. The van der Waals surface area contributed by atoms with E-state index in [0.29, 0.717) is 6.10 Å². The third-order valence-electron chi connectivity index (χ3n) is 2.52. The van der Waals surface area contributed by atoms with E-state index in [1.54, 1.807) is 13.0 Å². The van der Waals surface area contributed by atoms with Crippen molar-refractivity contribution >= 4 is 0 Å². The van der Waals surface area contributed by atoms with Crippen LogP contribution in [0.15, 0.2) is 12.7 Å².